The Morgan fingerprint density at radius 1 is 1.29 bits per heavy atom. The Labute approximate surface area is 84.1 Å². The minimum atomic E-state index is -3.64. The molecule has 0 aliphatic rings. The van der Waals surface area contributed by atoms with E-state index < -0.39 is 10.1 Å². The second-order valence-electron chi connectivity index (χ2n) is 2.79. The van der Waals surface area contributed by atoms with Crippen LogP contribution in [0.3, 0.4) is 0 Å². The number of hydrogen-bond acceptors (Lipinski definition) is 3. The zero-order valence-corrected chi connectivity index (χ0v) is 8.91. The van der Waals surface area contributed by atoms with Crippen molar-refractivity contribution < 1.29 is 12.6 Å². The third-order valence-electron chi connectivity index (χ3n) is 1.68. The monoisotopic (exact) mass is 212 g/mol. The van der Waals surface area contributed by atoms with Crippen molar-refractivity contribution in [1.82, 2.24) is 0 Å². The molecule has 14 heavy (non-hydrogen) atoms. The van der Waals surface area contributed by atoms with E-state index in [1.807, 2.05) is 0 Å². The first-order valence-corrected chi connectivity index (χ1v) is 5.59. The van der Waals surface area contributed by atoms with Gasteiger partial charge in [0.25, 0.3) is 0 Å². The molecular weight excluding hydrogens is 200 g/mol. The van der Waals surface area contributed by atoms with Crippen LogP contribution in [0.2, 0.25) is 0 Å². The van der Waals surface area contributed by atoms with Crippen LogP contribution in [0.4, 0.5) is 0 Å². The van der Waals surface area contributed by atoms with Gasteiger partial charge in [0.05, 0.1) is 0 Å². The summed E-state index contributed by atoms with van der Waals surface area (Å²) in [7, 11) is -3.64. The molecule has 0 bridgehead atoms. The molecule has 4 heteroatoms. The fourth-order valence-corrected chi connectivity index (χ4v) is 2.09. The first-order valence-electron chi connectivity index (χ1n) is 4.18. The number of aryl methyl sites for hydroxylation is 1. The average molecular weight is 212 g/mol. The van der Waals surface area contributed by atoms with Crippen molar-refractivity contribution in [2.45, 2.75) is 18.7 Å². The number of benzene rings is 1. The van der Waals surface area contributed by atoms with Gasteiger partial charge in [0, 0.05) is 0 Å². The average Bonchev–Trinajstić information content (AvgIpc) is 2.15. The number of rotatable bonds is 3. The lowest BCUT2D eigenvalue weighted by molar-refractivity contribution is 0.442. The van der Waals surface area contributed by atoms with Gasteiger partial charge in [0.15, 0.2) is 0 Å². The van der Waals surface area contributed by atoms with Gasteiger partial charge < -0.3 is 4.18 Å². The first-order chi connectivity index (χ1) is 6.58. The molecule has 1 aromatic rings. The van der Waals surface area contributed by atoms with Gasteiger partial charge in [-0.1, -0.05) is 24.3 Å². The normalized spacial score (nSPS) is 11.9. The topological polar surface area (TPSA) is 43.4 Å². The van der Waals surface area contributed by atoms with Crippen molar-refractivity contribution in [3.05, 3.63) is 42.2 Å². The van der Waals surface area contributed by atoms with Crippen LogP contribution >= 0.6 is 0 Å². The molecule has 0 amide bonds. The maximum Gasteiger partial charge on any atom is 0.338 e. The minimum absolute atomic E-state index is 0.207. The Hall–Kier alpha value is -1.29. The molecule has 0 aromatic heterocycles. The molecule has 3 nitrogen and oxygen atoms in total. The van der Waals surface area contributed by atoms with Gasteiger partial charge in [-0.05, 0) is 25.5 Å². The highest BCUT2D eigenvalue weighted by Crippen LogP contribution is 2.16. The zero-order chi connectivity index (χ0) is 10.6. The molecule has 0 spiro atoms. The van der Waals surface area contributed by atoms with Gasteiger partial charge >= 0.3 is 10.1 Å². The quantitative estimate of drug-likeness (QED) is 0.570. The molecule has 0 atom stereocenters. The summed E-state index contributed by atoms with van der Waals surface area (Å²) in [5.74, 6) is 0. The van der Waals surface area contributed by atoms with Crippen molar-refractivity contribution in [2.75, 3.05) is 0 Å². The Morgan fingerprint density at radius 3 is 2.50 bits per heavy atom. The molecule has 1 rings (SSSR count). The van der Waals surface area contributed by atoms with Gasteiger partial charge in [0.1, 0.15) is 11.2 Å². The maximum atomic E-state index is 11.5. The second-order valence-corrected chi connectivity index (χ2v) is 4.33. The van der Waals surface area contributed by atoms with Crippen LogP contribution < -0.4 is 0 Å². The first kappa shape index (κ1) is 10.8. The highest BCUT2D eigenvalue weighted by Gasteiger charge is 2.15. The van der Waals surface area contributed by atoms with E-state index in [0.717, 1.165) is 6.26 Å². The predicted molar refractivity (Wildman–Crippen MR) is 54.3 cm³/mol. The summed E-state index contributed by atoms with van der Waals surface area (Å²) in [6.45, 7) is 3.42. The molecule has 1 aromatic carbocycles. The molecule has 0 saturated carbocycles. The summed E-state index contributed by atoms with van der Waals surface area (Å²) in [6.07, 6.45) is 2.68. The van der Waals surface area contributed by atoms with E-state index in [9.17, 15) is 8.42 Å². The summed E-state index contributed by atoms with van der Waals surface area (Å²) in [6, 6.07) is 6.70. The highest BCUT2D eigenvalue weighted by atomic mass is 32.2. The van der Waals surface area contributed by atoms with Crippen LogP contribution in [0.5, 0.6) is 0 Å². The Morgan fingerprint density at radius 2 is 1.93 bits per heavy atom. The Kier molecular flexibility index (Phi) is 3.30. The van der Waals surface area contributed by atoms with E-state index in [4.69, 9.17) is 0 Å². The van der Waals surface area contributed by atoms with Gasteiger partial charge in [0.2, 0.25) is 0 Å². The minimum Gasteiger partial charge on any atom is -0.387 e. The third kappa shape index (κ3) is 2.35. The van der Waals surface area contributed by atoms with Gasteiger partial charge in [-0.25, -0.2) is 0 Å². The van der Waals surface area contributed by atoms with Gasteiger partial charge in [-0.15, -0.1) is 0 Å². The summed E-state index contributed by atoms with van der Waals surface area (Å²) in [5.41, 5.74) is 0.678. The maximum absolute atomic E-state index is 11.5. The molecule has 0 saturated heterocycles. The second kappa shape index (κ2) is 4.28. The standard InChI is InChI=1S/C10H12O3S/c1-3-8-13-14(11,12)10-7-5-4-6-9(10)2/h3-8H,1-2H3. The van der Waals surface area contributed by atoms with Crippen molar-refractivity contribution in [1.29, 1.82) is 0 Å². The summed E-state index contributed by atoms with van der Waals surface area (Å²) in [4.78, 5) is 0.207. The van der Waals surface area contributed by atoms with E-state index in [-0.39, 0.29) is 4.90 Å². The van der Waals surface area contributed by atoms with Crippen LogP contribution in [0.1, 0.15) is 12.5 Å². The van der Waals surface area contributed by atoms with Crippen molar-refractivity contribution in [3.8, 4) is 0 Å². The summed E-state index contributed by atoms with van der Waals surface area (Å²) in [5, 5.41) is 0. The molecule has 0 unspecified atom stereocenters. The number of allylic oxidation sites excluding steroid dienone is 1. The van der Waals surface area contributed by atoms with Crippen LogP contribution in [-0.4, -0.2) is 8.42 Å². The molecule has 0 N–H and O–H groups in total. The zero-order valence-electron chi connectivity index (χ0n) is 8.10. The molecule has 0 heterocycles. The smallest absolute Gasteiger partial charge is 0.338 e. The Balaban J connectivity index is 3.11. The van der Waals surface area contributed by atoms with Crippen LogP contribution in [-0.2, 0) is 14.3 Å². The van der Waals surface area contributed by atoms with E-state index in [1.54, 1.807) is 32.0 Å². The van der Waals surface area contributed by atoms with Gasteiger partial charge in [-0.2, -0.15) is 8.42 Å². The van der Waals surface area contributed by atoms with E-state index in [0.29, 0.717) is 5.56 Å². The van der Waals surface area contributed by atoms with Crippen LogP contribution in [0, 0.1) is 6.92 Å². The molecule has 0 aliphatic heterocycles. The fraction of sp³-hybridized carbons (Fsp3) is 0.200. The predicted octanol–water partition coefficient (Wildman–Crippen LogP) is 2.23. The highest BCUT2D eigenvalue weighted by molar-refractivity contribution is 7.86. The third-order valence-corrected chi connectivity index (χ3v) is 3.04. The molecule has 0 fully saturated rings. The van der Waals surface area contributed by atoms with E-state index in [2.05, 4.69) is 4.18 Å². The van der Waals surface area contributed by atoms with Crippen molar-refractivity contribution >= 4 is 10.1 Å². The van der Waals surface area contributed by atoms with Crippen molar-refractivity contribution in [3.63, 3.8) is 0 Å². The largest absolute Gasteiger partial charge is 0.387 e. The lowest BCUT2D eigenvalue weighted by atomic mass is 10.2. The lowest BCUT2D eigenvalue weighted by Crippen LogP contribution is -2.03. The van der Waals surface area contributed by atoms with Crippen LogP contribution in [0.25, 0.3) is 0 Å². The summed E-state index contributed by atoms with van der Waals surface area (Å²) >= 11 is 0. The molecule has 76 valence electrons. The summed E-state index contributed by atoms with van der Waals surface area (Å²) < 4.78 is 27.7. The Bertz CT molecular complexity index is 432. The fourth-order valence-electron chi connectivity index (χ4n) is 1.02. The van der Waals surface area contributed by atoms with Crippen LogP contribution in [0.15, 0.2) is 41.5 Å². The van der Waals surface area contributed by atoms with Gasteiger partial charge in [-0.3, -0.25) is 0 Å². The molecule has 0 aliphatic carbocycles. The van der Waals surface area contributed by atoms with E-state index >= 15 is 0 Å². The van der Waals surface area contributed by atoms with E-state index in [1.165, 1.54) is 12.1 Å². The molecular formula is C10H12O3S. The molecule has 0 radical (unpaired) electrons. The van der Waals surface area contributed by atoms with Crippen molar-refractivity contribution in [2.24, 2.45) is 0 Å². The SMILES string of the molecule is CC=COS(=O)(=O)c1ccccc1C. The number of hydrogen-bond donors (Lipinski definition) is 0. The lowest BCUT2D eigenvalue weighted by Gasteiger charge is -2.04.